The van der Waals surface area contributed by atoms with Crippen molar-refractivity contribution >= 4 is 23.5 Å². The van der Waals surface area contributed by atoms with Gasteiger partial charge in [-0.15, -0.1) is 0 Å². The van der Waals surface area contributed by atoms with Crippen molar-refractivity contribution in [1.29, 1.82) is 0 Å². The lowest BCUT2D eigenvalue weighted by molar-refractivity contribution is -0.121. The fourth-order valence-corrected chi connectivity index (χ4v) is 5.12. The highest BCUT2D eigenvalue weighted by Crippen LogP contribution is 2.26. The van der Waals surface area contributed by atoms with Crippen molar-refractivity contribution in [3.63, 3.8) is 0 Å². The number of benzene rings is 1. The molecular weight excluding hydrogens is 450 g/mol. The fraction of sp³-hybridized carbons (Fsp3) is 0.586. The Balaban J connectivity index is 1.56. The lowest BCUT2D eigenvalue weighted by atomic mass is 10.00. The maximum atomic E-state index is 13.6. The average molecular weight is 492 g/mol. The molecule has 3 heterocycles. The highest BCUT2D eigenvalue weighted by Gasteiger charge is 2.25. The van der Waals surface area contributed by atoms with Gasteiger partial charge in [0.15, 0.2) is 0 Å². The van der Waals surface area contributed by atoms with E-state index >= 15 is 0 Å². The molecule has 1 aromatic heterocycles. The molecule has 2 amide bonds. The third-order valence-electron chi connectivity index (χ3n) is 7.45. The van der Waals surface area contributed by atoms with Gasteiger partial charge in [-0.05, 0) is 43.2 Å². The molecule has 7 nitrogen and oxygen atoms in total. The van der Waals surface area contributed by atoms with Crippen LogP contribution in [0, 0.1) is 11.8 Å². The van der Waals surface area contributed by atoms with Crippen LogP contribution >= 0.6 is 0 Å². The Morgan fingerprint density at radius 3 is 2.22 bits per heavy atom. The number of fused-ring (bicyclic) bond motifs is 1. The molecule has 1 aromatic carbocycles. The third kappa shape index (κ3) is 6.42. The minimum atomic E-state index is -0.0810. The maximum absolute atomic E-state index is 13.6. The Hall–Kier alpha value is -2.96. The summed E-state index contributed by atoms with van der Waals surface area (Å²) in [5.41, 5.74) is 2.43. The summed E-state index contributed by atoms with van der Waals surface area (Å²) in [7, 11) is 0. The quantitative estimate of drug-likeness (QED) is 0.582. The van der Waals surface area contributed by atoms with Gasteiger partial charge in [-0.25, -0.2) is 9.97 Å². The predicted molar refractivity (Wildman–Crippen MR) is 144 cm³/mol. The van der Waals surface area contributed by atoms with Crippen molar-refractivity contribution in [2.24, 2.45) is 11.8 Å². The summed E-state index contributed by atoms with van der Waals surface area (Å²) < 4.78 is 0. The van der Waals surface area contributed by atoms with Gasteiger partial charge in [0.2, 0.25) is 11.9 Å². The predicted octanol–water partition coefficient (Wildman–Crippen LogP) is 5.31. The van der Waals surface area contributed by atoms with Crippen LogP contribution < -0.4 is 9.80 Å². The molecule has 2 aromatic rings. The number of hydrogen-bond donors (Lipinski definition) is 0. The van der Waals surface area contributed by atoms with Crippen molar-refractivity contribution in [2.45, 2.75) is 72.3 Å². The largest absolute Gasteiger partial charge is 0.341 e. The highest BCUT2D eigenvalue weighted by molar-refractivity contribution is 5.96. The van der Waals surface area contributed by atoms with Crippen LogP contribution in [0.4, 0.5) is 11.6 Å². The first-order valence-electron chi connectivity index (χ1n) is 13.7. The van der Waals surface area contributed by atoms with Crippen LogP contribution in [0.2, 0.25) is 0 Å². The topological polar surface area (TPSA) is 69.6 Å². The van der Waals surface area contributed by atoms with E-state index in [2.05, 4.69) is 21.8 Å². The van der Waals surface area contributed by atoms with Crippen LogP contribution in [0.3, 0.4) is 0 Å². The summed E-state index contributed by atoms with van der Waals surface area (Å²) >= 11 is 0. The summed E-state index contributed by atoms with van der Waals surface area (Å²) in [4.78, 5) is 41.9. The molecule has 4 rings (SSSR count). The summed E-state index contributed by atoms with van der Waals surface area (Å²) in [6.45, 7) is 9.96. The van der Waals surface area contributed by atoms with E-state index in [1.165, 1.54) is 0 Å². The molecule has 0 aliphatic carbocycles. The third-order valence-corrected chi connectivity index (χ3v) is 7.45. The molecule has 0 spiro atoms. The van der Waals surface area contributed by atoms with E-state index in [9.17, 15) is 9.59 Å². The monoisotopic (exact) mass is 491 g/mol. The summed E-state index contributed by atoms with van der Waals surface area (Å²) in [6, 6.07) is 8.02. The lowest BCUT2D eigenvalue weighted by Gasteiger charge is -2.31. The fourth-order valence-electron chi connectivity index (χ4n) is 5.12. The Labute approximate surface area is 215 Å². The smallest absolute Gasteiger partial charge is 0.257 e. The SMILES string of the molecule is CC1CCN(c2ncc(C(=O)N3CCCCCCCN(C(=O)C(C)C)c4ccccc4C3)cn2)CC1. The number of nitrogens with zero attached hydrogens (tertiary/aromatic N) is 5. The number of piperidine rings is 1. The van der Waals surface area contributed by atoms with Crippen LogP contribution in [0.25, 0.3) is 0 Å². The van der Waals surface area contributed by atoms with Gasteiger partial charge in [-0.3, -0.25) is 9.59 Å². The van der Waals surface area contributed by atoms with Crippen LogP contribution in [0.15, 0.2) is 36.7 Å². The maximum Gasteiger partial charge on any atom is 0.257 e. The van der Waals surface area contributed by atoms with E-state index in [0.717, 1.165) is 75.2 Å². The van der Waals surface area contributed by atoms with Crippen LogP contribution in [-0.2, 0) is 11.3 Å². The second kappa shape index (κ2) is 12.3. The zero-order chi connectivity index (χ0) is 25.5. The molecule has 0 unspecified atom stereocenters. The van der Waals surface area contributed by atoms with Crippen molar-refractivity contribution in [3.05, 3.63) is 47.8 Å². The van der Waals surface area contributed by atoms with E-state index in [0.29, 0.717) is 31.1 Å². The zero-order valence-corrected chi connectivity index (χ0v) is 22.2. The molecule has 0 N–H and O–H groups in total. The summed E-state index contributed by atoms with van der Waals surface area (Å²) in [5.74, 6) is 1.45. The van der Waals surface area contributed by atoms with Gasteiger partial charge in [0.1, 0.15) is 0 Å². The molecule has 2 aliphatic heterocycles. The molecule has 2 aliphatic rings. The van der Waals surface area contributed by atoms with Crippen LogP contribution in [-0.4, -0.2) is 52.9 Å². The number of aromatic nitrogens is 2. The average Bonchev–Trinajstić information content (AvgIpc) is 2.89. The number of carbonyl (C=O) groups excluding carboxylic acids is 2. The van der Waals surface area contributed by atoms with E-state index in [4.69, 9.17) is 0 Å². The minimum Gasteiger partial charge on any atom is -0.341 e. The van der Waals surface area contributed by atoms with Crippen molar-refractivity contribution in [1.82, 2.24) is 14.9 Å². The number of amides is 2. The standard InChI is InChI=1S/C29H41N5O2/c1-22(2)27(35)34-16-10-6-4-5-9-15-33(21-24-11-7-8-12-26(24)34)28(36)25-19-30-29(31-20-25)32-17-13-23(3)14-18-32/h7-8,11-12,19-20,22-23H,4-6,9-10,13-18,21H2,1-3H3. The Kier molecular flexibility index (Phi) is 8.94. The molecule has 0 saturated carbocycles. The van der Waals surface area contributed by atoms with E-state index in [-0.39, 0.29) is 17.7 Å². The van der Waals surface area contributed by atoms with Gasteiger partial charge in [0.25, 0.3) is 5.91 Å². The second-order valence-corrected chi connectivity index (χ2v) is 10.7. The van der Waals surface area contributed by atoms with Crippen molar-refractivity contribution in [3.8, 4) is 0 Å². The molecular formula is C29H41N5O2. The number of carbonyl (C=O) groups is 2. The zero-order valence-electron chi connectivity index (χ0n) is 22.2. The molecule has 1 saturated heterocycles. The number of hydrogen-bond acceptors (Lipinski definition) is 5. The van der Waals surface area contributed by atoms with Gasteiger partial charge in [-0.1, -0.05) is 58.2 Å². The molecule has 36 heavy (non-hydrogen) atoms. The highest BCUT2D eigenvalue weighted by atomic mass is 16.2. The van der Waals surface area contributed by atoms with Crippen molar-refractivity contribution < 1.29 is 9.59 Å². The van der Waals surface area contributed by atoms with Gasteiger partial charge < -0.3 is 14.7 Å². The summed E-state index contributed by atoms with van der Waals surface area (Å²) in [6.07, 6.45) is 10.9. The van der Waals surface area contributed by atoms with Gasteiger partial charge >= 0.3 is 0 Å². The molecule has 7 heteroatoms. The molecule has 0 atom stereocenters. The Morgan fingerprint density at radius 1 is 0.889 bits per heavy atom. The number of rotatable bonds is 3. The van der Waals surface area contributed by atoms with E-state index < -0.39 is 0 Å². The van der Waals surface area contributed by atoms with E-state index in [1.54, 1.807) is 12.4 Å². The van der Waals surface area contributed by atoms with Gasteiger partial charge in [0.05, 0.1) is 5.56 Å². The summed E-state index contributed by atoms with van der Waals surface area (Å²) in [5, 5.41) is 0. The first-order valence-corrected chi connectivity index (χ1v) is 13.7. The molecule has 0 bridgehead atoms. The molecule has 0 radical (unpaired) electrons. The number of para-hydroxylation sites is 1. The Morgan fingerprint density at radius 2 is 1.53 bits per heavy atom. The molecule has 194 valence electrons. The van der Waals surface area contributed by atoms with Gasteiger partial charge in [-0.2, -0.15) is 0 Å². The first-order chi connectivity index (χ1) is 17.4. The van der Waals surface area contributed by atoms with Crippen LogP contribution in [0.1, 0.15) is 81.6 Å². The Bertz CT molecular complexity index is 1010. The first kappa shape index (κ1) is 26.1. The normalized spacial score (nSPS) is 18.4. The second-order valence-electron chi connectivity index (χ2n) is 10.7. The lowest BCUT2D eigenvalue weighted by Crippen LogP contribution is -2.37. The molecule has 1 fully saturated rings. The van der Waals surface area contributed by atoms with Crippen molar-refractivity contribution in [2.75, 3.05) is 36.0 Å². The number of anilines is 2. The van der Waals surface area contributed by atoms with E-state index in [1.807, 2.05) is 47.9 Å². The minimum absolute atomic E-state index is 0.0533. The van der Waals surface area contributed by atoms with Gasteiger partial charge in [0, 0.05) is 56.7 Å². The van der Waals surface area contributed by atoms with Crippen LogP contribution in [0.5, 0.6) is 0 Å².